The van der Waals surface area contributed by atoms with Gasteiger partial charge in [0, 0.05) is 32.2 Å². The van der Waals surface area contributed by atoms with Crippen molar-refractivity contribution >= 4 is 6.09 Å². The molecule has 126 valence electrons. The molecule has 5 heteroatoms. The van der Waals surface area contributed by atoms with Crippen molar-refractivity contribution in [1.82, 2.24) is 15.5 Å². The standard InChI is InChI=1S/C16H35N3O2/c1-13(11-17-9-10-18-15(2,3)4)12-19(8)14(20)21-16(5,6)7/h13,17-18H,9-12H2,1-8H3. The second-order valence-corrected chi connectivity index (χ2v) is 7.85. The molecule has 0 aromatic rings. The molecule has 5 nitrogen and oxygen atoms in total. The summed E-state index contributed by atoms with van der Waals surface area (Å²) in [5.74, 6) is 0.386. The van der Waals surface area contributed by atoms with Gasteiger partial charge in [0.25, 0.3) is 0 Å². The van der Waals surface area contributed by atoms with E-state index in [0.717, 1.165) is 19.6 Å². The monoisotopic (exact) mass is 301 g/mol. The van der Waals surface area contributed by atoms with Gasteiger partial charge in [0.15, 0.2) is 0 Å². The van der Waals surface area contributed by atoms with Crippen LogP contribution in [0.25, 0.3) is 0 Å². The lowest BCUT2D eigenvalue weighted by molar-refractivity contribution is 0.0277. The summed E-state index contributed by atoms with van der Waals surface area (Å²) in [6.07, 6.45) is -0.260. The van der Waals surface area contributed by atoms with Gasteiger partial charge in [-0.05, 0) is 54.0 Å². The molecule has 1 amide bonds. The first-order valence-corrected chi connectivity index (χ1v) is 7.80. The predicted octanol–water partition coefficient (Wildman–Crippen LogP) is 2.47. The second kappa shape index (κ2) is 8.59. The third kappa shape index (κ3) is 12.6. The summed E-state index contributed by atoms with van der Waals surface area (Å²) >= 11 is 0. The predicted molar refractivity (Wildman–Crippen MR) is 88.7 cm³/mol. The van der Waals surface area contributed by atoms with Gasteiger partial charge >= 0.3 is 6.09 Å². The first kappa shape index (κ1) is 20.2. The molecule has 0 saturated carbocycles. The van der Waals surface area contributed by atoms with Crippen molar-refractivity contribution in [3.63, 3.8) is 0 Å². The summed E-state index contributed by atoms with van der Waals surface area (Å²) in [4.78, 5) is 13.5. The average Bonchev–Trinajstić information content (AvgIpc) is 2.24. The van der Waals surface area contributed by atoms with Gasteiger partial charge in [0.05, 0.1) is 0 Å². The molecule has 1 unspecified atom stereocenters. The Morgan fingerprint density at radius 1 is 1.14 bits per heavy atom. The highest BCUT2D eigenvalue weighted by Crippen LogP contribution is 2.10. The van der Waals surface area contributed by atoms with Crippen LogP contribution in [0.15, 0.2) is 0 Å². The van der Waals surface area contributed by atoms with Gasteiger partial charge in [-0.15, -0.1) is 0 Å². The fourth-order valence-electron chi connectivity index (χ4n) is 1.82. The quantitative estimate of drug-likeness (QED) is 0.709. The number of ether oxygens (including phenoxy) is 1. The number of carbonyl (C=O) groups is 1. The van der Waals surface area contributed by atoms with Crippen molar-refractivity contribution in [2.45, 2.75) is 59.6 Å². The molecular formula is C16H35N3O2. The third-order valence-electron chi connectivity index (χ3n) is 2.74. The van der Waals surface area contributed by atoms with Crippen molar-refractivity contribution in [1.29, 1.82) is 0 Å². The average molecular weight is 301 g/mol. The van der Waals surface area contributed by atoms with E-state index in [2.05, 4.69) is 38.3 Å². The number of hydrogen-bond acceptors (Lipinski definition) is 4. The number of nitrogens with one attached hydrogen (secondary N) is 2. The Hall–Kier alpha value is -0.810. The van der Waals surface area contributed by atoms with Crippen molar-refractivity contribution in [3.05, 3.63) is 0 Å². The van der Waals surface area contributed by atoms with Crippen LogP contribution in [0.5, 0.6) is 0 Å². The highest BCUT2D eigenvalue weighted by Gasteiger charge is 2.20. The maximum Gasteiger partial charge on any atom is 0.410 e. The van der Waals surface area contributed by atoms with Gasteiger partial charge in [0.1, 0.15) is 5.60 Å². The summed E-state index contributed by atoms with van der Waals surface area (Å²) < 4.78 is 5.34. The minimum atomic E-state index is -0.439. The second-order valence-electron chi connectivity index (χ2n) is 7.85. The van der Waals surface area contributed by atoms with Gasteiger partial charge in [-0.3, -0.25) is 0 Å². The molecule has 0 rings (SSSR count). The van der Waals surface area contributed by atoms with Crippen molar-refractivity contribution in [2.75, 3.05) is 33.2 Å². The van der Waals surface area contributed by atoms with Crippen LogP contribution in [-0.2, 0) is 4.74 Å². The first-order valence-electron chi connectivity index (χ1n) is 7.80. The lowest BCUT2D eigenvalue weighted by atomic mass is 10.1. The molecule has 2 N–H and O–H groups in total. The van der Waals surface area contributed by atoms with E-state index in [0.29, 0.717) is 12.5 Å². The molecule has 21 heavy (non-hydrogen) atoms. The molecule has 0 spiro atoms. The molecule has 0 saturated heterocycles. The molecule has 0 aliphatic carbocycles. The Labute approximate surface area is 130 Å². The van der Waals surface area contributed by atoms with Crippen LogP contribution in [0.4, 0.5) is 4.79 Å². The SMILES string of the molecule is CC(CNCCNC(C)(C)C)CN(C)C(=O)OC(C)(C)C. The van der Waals surface area contributed by atoms with Crippen molar-refractivity contribution in [2.24, 2.45) is 5.92 Å². The Balaban J connectivity index is 3.83. The van der Waals surface area contributed by atoms with Crippen LogP contribution < -0.4 is 10.6 Å². The van der Waals surface area contributed by atoms with Crippen molar-refractivity contribution in [3.8, 4) is 0 Å². The van der Waals surface area contributed by atoms with E-state index in [1.807, 2.05) is 20.8 Å². The molecule has 1 atom stereocenters. The van der Waals surface area contributed by atoms with Crippen LogP contribution in [0.2, 0.25) is 0 Å². The van der Waals surface area contributed by atoms with E-state index in [-0.39, 0.29) is 11.6 Å². The molecule has 0 aromatic heterocycles. The van der Waals surface area contributed by atoms with E-state index in [9.17, 15) is 4.79 Å². The summed E-state index contributed by atoms with van der Waals surface area (Å²) in [5, 5.41) is 6.84. The smallest absolute Gasteiger partial charge is 0.410 e. The maximum absolute atomic E-state index is 11.9. The van der Waals surface area contributed by atoms with E-state index in [1.54, 1.807) is 11.9 Å². The highest BCUT2D eigenvalue weighted by atomic mass is 16.6. The van der Waals surface area contributed by atoms with E-state index in [4.69, 9.17) is 4.74 Å². The van der Waals surface area contributed by atoms with Crippen LogP contribution in [-0.4, -0.2) is 55.4 Å². The Morgan fingerprint density at radius 3 is 2.19 bits per heavy atom. The number of carbonyl (C=O) groups excluding carboxylic acids is 1. The molecular weight excluding hydrogens is 266 g/mol. The minimum absolute atomic E-state index is 0.157. The molecule has 0 radical (unpaired) electrons. The van der Waals surface area contributed by atoms with E-state index >= 15 is 0 Å². The Morgan fingerprint density at radius 2 is 1.71 bits per heavy atom. The van der Waals surface area contributed by atoms with Crippen LogP contribution in [0.1, 0.15) is 48.5 Å². The Bertz CT molecular complexity index is 306. The third-order valence-corrected chi connectivity index (χ3v) is 2.74. The largest absolute Gasteiger partial charge is 0.444 e. The zero-order valence-electron chi connectivity index (χ0n) is 15.2. The minimum Gasteiger partial charge on any atom is -0.444 e. The van der Waals surface area contributed by atoms with Gasteiger partial charge in [-0.2, -0.15) is 0 Å². The van der Waals surface area contributed by atoms with Gasteiger partial charge < -0.3 is 20.3 Å². The van der Waals surface area contributed by atoms with Gasteiger partial charge in [0.2, 0.25) is 0 Å². The van der Waals surface area contributed by atoms with Crippen LogP contribution >= 0.6 is 0 Å². The summed E-state index contributed by atoms with van der Waals surface area (Å²) in [6, 6.07) is 0. The van der Waals surface area contributed by atoms with Crippen molar-refractivity contribution < 1.29 is 9.53 Å². The summed E-state index contributed by atoms with van der Waals surface area (Å²) in [7, 11) is 1.78. The fourth-order valence-corrected chi connectivity index (χ4v) is 1.82. The maximum atomic E-state index is 11.9. The van der Waals surface area contributed by atoms with Crippen LogP contribution in [0, 0.1) is 5.92 Å². The van der Waals surface area contributed by atoms with E-state index in [1.165, 1.54) is 0 Å². The zero-order valence-corrected chi connectivity index (χ0v) is 15.2. The lowest BCUT2D eigenvalue weighted by Crippen LogP contribution is -2.42. The summed E-state index contributed by atoms with van der Waals surface area (Å²) in [6.45, 7) is 17.7. The molecule has 0 aliphatic rings. The number of hydrogen-bond donors (Lipinski definition) is 2. The number of amides is 1. The van der Waals surface area contributed by atoms with Gasteiger partial charge in [-0.1, -0.05) is 6.92 Å². The molecule has 0 aromatic carbocycles. The molecule has 0 bridgehead atoms. The normalized spacial score (nSPS) is 13.9. The first-order chi connectivity index (χ1) is 9.41. The van der Waals surface area contributed by atoms with E-state index < -0.39 is 5.60 Å². The zero-order chi connectivity index (χ0) is 16.7. The lowest BCUT2D eigenvalue weighted by Gasteiger charge is -2.26. The topological polar surface area (TPSA) is 53.6 Å². The number of rotatable bonds is 7. The molecule has 0 heterocycles. The fraction of sp³-hybridized carbons (Fsp3) is 0.938. The molecule has 0 aliphatic heterocycles. The molecule has 0 fully saturated rings. The highest BCUT2D eigenvalue weighted by molar-refractivity contribution is 5.67. The summed E-state index contributed by atoms with van der Waals surface area (Å²) in [5.41, 5.74) is -0.282. The Kier molecular flexibility index (Phi) is 8.26. The van der Waals surface area contributed by atoms with Gasteiger partial charge in [-0.25, -0.2) is 4.79 Å². The van der Waals surface area contributed by atoms with Crippen LogP contribution in [0.3, 0.4) is 0 Å². The number of nitrogens with zero attached hydrogens (tertiary/aromatic N) is 1.